The molecule has 4 rings (SSSR count). The fourth-order valence-corrected chi connectivity index (χ4v) is 3.84. The van der Waals surface area contributed by atoms with Crippen LogP contribution in [0.25, 0.3) is 22.3 Å². The van der Waals surface area contributed by atoms with Gasteiger partial charge in [0.2, 0.25) is 0 Å². The van der Waals surface area contributed by atoms with Crippen LogP contribution in [0.1, 0.15) is 23.7 Å². The van der Waals surface area contributed by atoms with Crippen molar-refractivity contribution < 1.29 is 14.3 Å². The average Bonchev–Trinajstić information content (AvgIpc) is 3.41. The Morgan fingerprint density at radius 3 is 2.80 bits per heavy atom. The molecule has 0 radical (unpaired) electrons. The van der Waals surface area contributed by atoms with Gasteiger partial charge < -0.3 is 9.72 Å². The molecule has 30 heavy (non-hydrogen) atoms. The summed E-state index contributed by atoms with van der Waals surface area (Å²) in [5, 5.41) is 5.06. The lowest BCUT2D eigenvalue weighted by atomic mass is 10.2. The number of esters is 1. The Bertz CT molecular complexity index is 1200. The van der Waals surface area contributed by atoms with Crippen molar-refractivity contribution >= 4 is 55.3 Å². The van der Waals surface area contributed by atoms with Gasteiger partial charge in [0.05, 0.1) is 28.6 Å². The van der Waals surface area contributed by atoms with E-state index in [2.05, 4.69) is 36.2 Å². The van der Waals surface area contributed by atoms with E-state index in [1.165, 1.54) is 11.3 Å². The van der Waals surface area contributed by atoms with Crippen LogP contribution in [0.3, 0.4) is 0 Å². The molecule has 7 nitrogen and oxygen atoms in total. The van der Waals surface area contributed by atoms with E-state index in [9.17, 15) is 9.59 Å². The molecule has 0 spiro atoms. The van der Waals surface area contributed by atoms with Crippen LogP contribution in [0.15, 0.2) is 58.6 Å². The summed E-state index contributed by atoms with van der Waals surface area (Å²) in [6.07, 6.45) is 0.975. The number of amides is 1. The van der Waals surface area contributed by atoms with E-state index in [4.69, 9.17) is 4.74 Å². The number of aromatic amines is 1. The zero-order valence-electron chi connectivity index (χ0n) is 15.9. The minimum atomic E-state index is -0.921. The third-order valence-electron chi connectivity index (χ3n) is 4.44. The normalized spacial score (nSPS) is 11.9. The highest BCUT2D eigenvalue weighted by Crippen LogP contribution is 2.26. The lowest BCUT2D eigenvalue weighted by molar-refractivity contribution is -0.124. The van der Waals surface area contributed by atoms with Gasteiger partial charge in [-0.15, -0.1) is 11.3 Å². The summed E-state index contributed by atoms with van der Waals surface area (Å²) in [7, 11) is 0. The molecule has 0 aliphatic carbocycles. The number of rotatable bonds is 6. The van der Waals surface area contributed by atoms with Gasteiger partial charge in [0.15, 0.2) is 11.2 Å². The Balaban J connectivity index is 1.42. The second kappa shape index (κ2) is 8.76. The largest absolute Gasteiger partial charge is 0.449 e. The summed E-state index contributed by atoms with van der Waals surface area (Å²) in [6, 6.07) is 12.8. The summed E-state index contributed by atoms with van der Waals surface area (Å²) < 4.78 is 6.42. The van der Waals surface area contributed by atoms with Gasteiger partial charge in [-0.1, -0.05) is 35.0 Å². The number of fused-ring (bicyclic) bond motifs is 1. The fourth-order valence-electron chi connectivity index (χ4n) is 2.85. The SMILES string of the molecule is CCC(OC(=O)c1ccc2nc[nH]c2c1)C(=O)Nc1nc(-c2ccc(Br)cc2)cs1. The smallest absolute Gasteiger partial charge is 0.338 e. The molecule has 0 saturated heterocycles. The highest BCUT2D eigenvalue weighted by Gasteiger charge is 2.23. The van der Waals surface area contributed by atoms with Gasteiger partial charge in [0.1, 0.15) is 0 Å². The van der Waals surface area contributed by atoms with E-state index < -0.39 is 18.0 Å². The number of carbonyl (C=O) groups excluding carboxylic acids is 2. The van der Waals surface area contributed by atoms with Crippen LogP contribution in [0.4, 0.5) is 5.13 Å². The van der Waals surface area contributed by atoms with Crippen molar-refractivity contribution in [2.24, 2.45) is 0 Å². The van der Waals surface area contributed by atoms with Gasteiger partial charge in [0, 0.05) is 15.4 Å². The number of benzene rings is 2. The van der Waals surface area contributed by atoms with Crippen molar-refractivity contribution in [1.82, 2.24) is 15.0 Å². The van der Waals surface area contributed by atoms with Crippen LogP contribution in [0.5, 0.6) is 0 Å². The number of halogens is 1. The first-order chi connectivity index (χ1) is 14.5. The Morgan fingerprint density at radius 1 is 1.23 bits per heavy atom. The molecule has 4 aromatic rings. The first-order valence-corrected chi connectivity index (χ1v) is 10.9. The summed E-state index contributed by atoms with van der Waals surface area (Å²) in [4.78, 5) is 36.6. The lowest BCUT2D eigenvalue weighted by Crippen LogP contribution is -2.32. The molecule has 0 aliphatic heterocycles. The molecule has 1 unspecified atom stereocenters. The molecule has 0 bridgehead atoms. The highest BCUT2D eigenvalue weighted by molar-refractivity contribution is 9.10. The molecule has 152 valence electrons. The topological polar surface area (TPSA) is 97.0 Å². The van der Waals surface area contributed by atoms with Crippen molar-refractivity contribution in [3.05, 3.63) is 64.2 Å². The predicted octanol–water partition coefficient (Wildman–Crippen LogP) is 5.02. The van der Waals surface area contributed by atoms with Gasteiger partial charge in [-0.3, -0.25) is 10.1 Å². The molecule has 0 aliphatic rings. The molecule has 2 aromatic carbocycles. The summed E-state index contributed by atoms with van der Waals surface area (Å²) in [6.45, 7) is 1.78. The molecule has 2 heterocycles. The van der Waals surface area contributed by atoms with E-state index in [0.29, 0.717) is 17.1 Å². The van der Waals surface area contributed by atoms with E-state index in [0.717, 1.165) is 26.8 Å². The molecular weight excluding hydrogens is 468 g/mol. The second-order valence-electron chi connectivity index (χ2n) is 6.47. The van der Waals surface area contributed by atoms with Gasteiger partial charge >= 0.3 is 5.97 Å². The standard InChI is InChI=1S/C21H17BrN4O3S/c1-2-18(29-20(28)13-5-8-15-16(9-13)24-11-23-15)19(27)26-21-25-17(10-30-21)12-3-6-14(22)7-4-12/h3-11,18H,2H2,1H3,(H,23,24)(H,25,26,27). The number of aromatic nitrogens is 3. The van der Waals surface area contributed by atoms with Crippen molar-refractivity contribution in [2.45, 2.75) is 19.4 Å². The summed E-state index contributed by atoms with van der Waals surface area (Å²) >= 11 is 4.72. The third-order valence-corrected chi connectivity index (χ3v) is 5.73. The van der Waals surface area contributed by atoms with Gasteiger partial charge in [0.25, 0.3) is 5.91 Å². The Morgan fingerprint density at radius 2 is 2.03 bits per heavy atom. The minimum absolute atomic E-state index is 0.342. The summed E-state index contributed by atoms with van der Waals surface area (Å²) in [5.74, 6) is -0.978. The van der Waals surface area contributed by atoms with Crippen LogP contribution in [-0.4, -0.2) is 32.9 Å². The van der Waals surface area contributed by atoms with Gasteiger partial charge in [-0.25, -0.2) is 14.8 Å². The molecule has 2 N–H and O–H groups in total. The number of imidazole rings is 1. The molecule has 0 fully saturated rings. The number of carbonyl (C=O) groups is 2. The molecule has 0 saturated carbocycles. The number of ether oxygens (including phenoxy) is 1. The van der Waals surface area contributed by atoms with E-state index in [1.807, 2.05) is 29.6 Å². The quantitative estimate of drug-likeness (QED) is 0.374. The van der Waals surface area contributed by atoms with Crippen molar-refractivity contribution in [3.63, 3.8) is 0 Å². The fraction of sp³-hybridized carbons (Fsp3) is 0.143. The van der Waals surface area contributed by atoms with Crippen LogP contribution in [0, 0.1) is 0 Å². The Labute approximate surface area is 184 Å². The minimum Gasteiger partial charge on any atom is -0.449 e. The first-order valence-electron chi connectivity index (χ1n) is 9.20. The van der Waals surface area contributed by atoms with E-state index >= 15 is 0 Å². The van der Waals surface area contributed by atoms with Gasteiger partial charge in [-0.2, -0.15) is 0 Å². The van der Waals surface area contributed by atoms with E-state index in [-0.39, 0.29) is 0 Å². The van der Waals surface area contributed by atoms with Crippen molar-refractivity contribution in [2.75, 3.05) is 5.32 Å². The Kier molecular flexibility index (Phi) is 5.91. The van der Waals surface area contributed by atoms with Crippen LogP contribution < -0.4 is 5.32 Å². The zero-order valence-corrected chi connectivity index (χ0v) is 18.3. The maximum Gasteiger partial charge on any atom is 0.338 e. The number of nitrogens with zero attached hydrogens (tertiary/aromatic N) is 2. The zero-order chi connectivity index (χ0) is 21.1. The molecule has 2 aromatic heterocycles. The number of thiazole rings is 1. The number of H-pyrrole nitrogens is 1. The lowest BCUT2D eigenvalue weighted by Gasteiger charge is -2.15. The molecule has 9 heteroatoms. The Hall–Kier alpha value is -3.04. The number of anilines is 1. The third kappa shape index (κ3) is 4.42. The van der Waals surface area contributed by atoms with Crippen LogP contribution in [-0.2, 0) is 9.53 Å². The highest BCUT2D eigenvalue weighted by atomic mass is 79.9. The molecule has 1 atom stereocenters. The average molecular weight is 485 g/mol. The van der Waals surface area contributed by atoms with Crippen molar-refractivity contribution in [1.29, 1.82) is 0 Å². The summed E-state index contributed by atoms with van der Waals surface area (Å²) in [5.41, 5.74) is 3.54. The maximum absolute atomic E-state index is 12.6. The monoisotopic (exact) mass is 484 g/mol. The predicted molar refractivity (Wildman–Crippen MR) is 119 cm³/mol. The van der Waals surface area contributed by atoms with Crippen molar-refractivity contribution in [3.8, 4) is 11.3 Å². The molecular formula is C21H17BrN4O3S. The second-order valence-corrected chi connectivity index (χ2v) is 8.24. The maximum atomic E-state index is 12.6. The van der Waals surface area contributed by atoms with Gasteiger partial charge in [-0.05, 0) is 36.8 Å². The van der Waals surface area contributed by atoms with E-state index in [1.54, 1.807) is 31.5 Å². The van der Waals surface area contributed by atoms with Crippen LogP contribution >= 0.6 is 27.3 Å². The van der Waals surface area contributed by atoms with Crippen LogP contribution in [0.2, 0.25) is 0 Å². The number of hydrogen-bond acceptors (Lipinski definition) is 6. The number of hydrogen-bond donors (Lipinski definition) is 2. The first kappa shape index (κ1) is 20.2. The number of nitrogens with one attached hydrogen (secondary N) is 2. The molecule has 1 amide bonds.